The highest BCUT2D eigenvalue weighted by atomic mass is 16.5. The van der Waals surface area contributed by atoms with E-state index in [4.69, 9.17) is 4.74 Å². The van der Waals surface area contributed by atoms with Crippen LogP contribution in [0.3, 0.4) is 0 Å². The zero-order valence-corrected chi connectivity index (χ0v) is 13.9. The van der Waals surface area contributed by atoms with E-state index in [1.165, 1.54) is 12.8 Å². The minimum atomic E-state index is -0.629. The van der Waals surface area contributed by atoms with E-state index in [-0.39, 0.29) is 5.97 Å². The van der Waals surface area contributed by atoms with Crippen LogP contribution in [0.25, 0.3) is 0 Å². The van der Waals surface area contributed by atoms with E-state index < -0.39 is 5.54 Å². The summed E-state index contributed by atoms with van der Waals surface area (Å²) in [7, 11) is 0. The van der Waals surface area contributed by atoms with E-state index in [0.717, 1.165) is 25.2 Å². The van der Waals surface area contributed by atoms with Crippen LogP contribution in [0.1, 0.15) is 39.2 Å². The minimum Gasteiger partial charge on any atom is -0.457 e. The Labute approximate surface area is 133 Å². The fraction of sp³-hybridized carbons (Fsp3) is 0.556. The Kier molecular flexibility index (Phi) is 5.58. The fourth-order valence-corrected chi connectivity index (χ4v) is 2.52. The molecule has 0 saturated carbocycles. The average Bonchev–Trinajstić information content (AvgIpc) is 3.01. The molecular weight excluding hydrogens is 276 g/mol. The van der Waals surface area contributed by atoms with Crippen LogP contribution in [0, 0.1) is 0 Å². The Hall–Kier alpha value is -1.84. The summed E-state index contributed by atoms with van der Waals surface area (Å²) in [5, 5.41) is 0. The topological polar surface area (TPSA) is 32.5 Å². The van der Waals surface area contributed by atoms with Crippen molar-refractivity contribution in [2.24, 2.45) is 0 Å². The first-order valence-corrected chi connectivity index (χ1v) is 8.11. The van der Waals surface area contributed by atoms with Crippen LogP contribution in [0.15, 0.2) is 30.3 Å². The number of rotatable bonds is 7. The van der Waals surface area contributed by atoms with E-state index in [1.807, 2.05) is 44.2 Å². The second-order valence-corrected chi connectivity index (χ2v) is 6.32. The van der Waals surface area contributed by atoms with Crippen molar-refractivity contribution in [3.63, 3.8) is 0 Å². The quantitative estimate of drug-likeness (QED) is 0.573. The first-order valence-electron chi connectivity index (χ1n) is 8.11. The molecule has 22 heavy (non-hydrogen) atoms. The molecule has 1 aliphatic heterocycles. The van der Waals surface area contributed by atoms with Crippen LogP contribution >= 0.6 is 0 Å². The standard InChI is InChI=1S/C18H27N2O2/c1-4-5-11-19-12-13-20(15-19)18(2,3)17(21)22-14-16-9-7-6-8-10-16/h6-10,15H,4-5,11-14H2,1-3H3/q+1. The molecule has 0 amide bonds. The van der Waals surface area contributed by atoms with Gasteiger partial charge in [-0.05, 0) is 25.8 Å². The summed E-state index contributed by atoms with van der Waals surface area (Å²) < 4.78 is 7.79. The first kappa shape index (κ1) is 16.5. The number of carbonyl (C=O) groups is 1. The Morgan fingerprint density at radius 3 is 2.73 bits per heavy atom. The number of carbonyl (C=O) groups excluding carboxylic acids is 1. The van der Waals surface area contributed by atoms with E-state index in [2.05, 4.69) is 22.7 Å². The number of esters is 1. The summed E-state index contributed by atoms with van der Waals surface area (Å²) in [6, 6.07) is 9.80. The van der Waals surface area contributed by atoms with Crippen molar-refractivity contribution >= 4 is 12.3 Å². The number of unbranched alkanes of at least 4 members (excludes halogenated alkanes) is 1. The average molecular weight is 303 g/mol. The molecule has 0 unspecified atom stereocenters. The normalized spacial score (nSPS) is 14.9. The van der Waals surface area contributed by atoms with Crippen molar-refractivity contribution in [2.45, 2.75) is 45.8 Å². The second-order valence-electron chi connectivity index (χ2n) is 6.32. The largest absolute Gasteiger partial charge is 0.457 e. The van der Waals surface area contributed by atoms with Crippen molar-refractivity contribution in [2.75, 3.05) is 19.6 Å². The van der Waals surface area contributed by atoms with Gasteiger partial charge in [-0.3, -0.25) is 4.58 Å². The highest BCUT2D eigenvalue weighted by Gasteiger charge is 2.42. The molecule has 0 fully saturated rings. The third-order valence-corrected chi connectivity index (χ3v) is 4.16. The van der Waals surface area contributed by atoms with Gasteiger partial charge in [-0.15, -0.1) is 0 Å². The van der Waals surface area contributed by atoms with Gasteiger partial charge in [0.1, 0.15) is 19.7 Å². The minimum absolute atomic E-state index is 0.176. The molecular formula is C18H27N2O2+. The predicted octanol–water partition coefficient (Wildman–Crippen LogP) is 2.66. The van der Waals surface area contributed by atoms with Gasteiger partial charge in [0.2, 0.25) is 6.34 Å². The third kappa shape index (κ3) is 4.09. The molecule has 0 atom stereocenters. The number of benzene rings is 1. The fourth-order valence-electron chi connectivity index (χ4n) is 2.52. The van der Waals surface area contributed by atoms with Crippen molar-refractivity contribution in [1.29, 1.82) is 0 Å². The number of nitrogens with zero attached hydrogens (tertiary/aromatic N) is 2. The maximum atomic E-state index is 12.4. The lowest BCUT2D eigenvalue weighted by atomic mass is 10.0. The van der Waals surface area contributed by atoms with Crippen LogP contribution in [0.5, 0.6) is 0 Å². The van der Waals surface area contributed by atoms with E-state index in [0.29, 0.717) is 6.61 Å². The predicted molar refractivity (Wildman–Crippen MR) is 88.0 cm³/mol. The molecule has 1 heterocycles. The Balaban J connectivity index is 1.92. The van der Waals surface area contributed by atoms with Gasteiger partial charge >= 0.3 is 5.97 Å². The lowest BCUT2D eigenvalue weighted by Crippen LogP contribution is -2.49. The molecule has 120 valence electrons. The molecule has 2 rings (SSSR count). The molecule has 1 aromatic rings. The zero-order valence-electron chi connectivity index (χ0n) is 13.9. The van der Waals surface area contributed by atoms with E-state index in [1.54, 1.807) is 0 Å². The summed E-state index contributed by atoms with van der Waals surface area (Å²) in [6.07, 6.45) is 4.45. The summed E-state index contributed by atoms with van der Waals surface area (Å²) in [6.45, 7) is 9.30. The van der Waals surface area contributed by atoms with Crippen molar-refractivity contribution in [1.82, 2.24) is 4.90 Å². The molecule has 0 aromatic heterocycles. The van der Waals surface area contributed by atoms with E-state index >= 15 is 0 Å². The molecule has 0 radical (unpaired) electrons. The molecule has 0 bridgehead atoms. The molecule has 0 aliphatic carbocycles. The molecule has 0 saturated heterocycles. The van der Waals surface area contributed by atoms with Crippen LogP contribution in [0.4, 0.5) is 0 Å². The number of hydrogen-bond acceptors (Lipinski definition) is 3. The molecule has 0 spiro atoms. The van der Waals surface area contributed by atoms with Crippen molar-refractivity contribution in [3.05, 3.63) is 35.9 Å². The number of ether oxygens (including phenoxy) is 1. The highest BCUT2D eigenvalue weighted by Crippen LogP contribution is 2.18. The molecule has 4 nitrogen and oxygen atoms in total. The van der Waals surface area contributed by atoms with Gasteiger partial charge in [0.15, 0.2) is 5.54 Å². The van der Waals surface area contributed by atoms with Gasteiger partial charge in [-0.2, -0.15) is 0 Å². The van der Waals surface area contributed by atoms with Gasteiger partial charge in [-0.1, -0.05) is 43.7 Å². The van der Waals surface area contributed by atoms with Gasteiger partial charge in [0.05, 0.1) is 6.54 Å². The summed E-state index contributed by atoms with van der Waals surface area (Å²) in [5.74, 6) is -0.176. The molecule has 1 aromatic carbocycles. The number of hydrogen-bond donors (Lipinski definition) is 0. The highest BCUT2D eigenvalue weighted by molar-refractivity contribution is 5.82. The van der Waals surface area contributed by atoms with E-state index in [9.17, 15) is 4.79 Å². The van der Waals surface area contributed by atoms with Gasteiger partial charge in [-0.25, -0.2) is 9.69 Å². The van der Waals surface area contributed by atoms with Crippen molar-refractivity contribution < 1.29 is 14.1 Å². The summed E-state index contributed by atoms with van der Waals surface area (Å²) in [5.41, 5.74) is 0.386. The maximum absolute atomic E-state index is 12.4. The summed E-state index contributed by atoms with van der Waals surface area (Å²) in [4.78, 5) is 14.5. The molecule has 4 heteroatoms. The van der Waals surface area contributed by atoms with Gasteiger partial charge in [0, 0.05) is 0 Å². The van der Waals surface area contributed by atoms with Crippen LogP contribution in [-0.2, 0) is 16.1 Å². The summed E-state index contributed by atoms with van der Waals surface area (Å²) >= 11 is 0. The van der Waals surface area contributed by atoms with Gasteiger partial charge in [0.25, 0.3) is 0 Å². The van der Waals surface area contributed by atoms with Crippen LogP contribution < -0.4 is 0 Å². The SMILES string of the molecule is CCCC[N+]1=CN(C(C)(C)C(=O)OCc2ccccc2)CC1. The van der Waals surface area contributed by atoms with Crippen molar-refractivity contribution in [3.8, 4) is 0 Å². The maximum Gasteiger partial charge on any atom is 0.354 e. The molecule has 0 N–H and O–H groups in total. The Bertz CT molecular complexity index is 523. The van der Waals surface area contributed by atoms with Gasteiger partial charge < -0.3 is 4.74 Å². The first-order chi connectivity index (χ1) is 10.5. The Morgan fingerprint density at radius 1 is 1.32 bits per heavy atom. The second kappa shape index (κ2) is 7.43. The lowest BCUT2D eigenvalue weighted by Gasteiger charge is -2.26. The smallest absolute Gasteiger partial charge is 0.354 e. The van der Waals surface area contributed by atoms with Crippen LogP contribution in [-0.4, -0.2) is 47.0 Å². The third-order valence-electron chi connectivity index (χ3n) is 4.16. The lowest BCUT2D eigenvalue weighted by molar-refractivity contribution is -0.514. The zero-order chi connectivity index (χ0) is 16.0. The Morgan fingerprint density at radius 2 is 2.05 bits per heavy atom. The monoisotopic (exact) mass is 303 g/mol. The molecule has 1 aliphatic rings. The van der Waals surface area contributed by atoms with Crippen LogP contribution in [0.2, 0.25) is 0 Å².